The summed E-state index contributed by atoms with van der Waals surface area (Å²) in [4.78, 5) is 24.7. The average Bonchev–Trinajstić information content (AvgIpc) is 3.68. The smallest absolute Gasteiger partial charge is 0.305 e. The normalized spacial score (nSPS) is 12.5. The van der Waals surface area contributed by atoms with E-state index in [-0.39, 0.29) is 18.5 Å². The van der Waals surface area contributed by atoms with E-state index in [0.29, 0.717) is 19.4 Å². The Balaban J connectivity index is 3.31. The molecule has 0 bridgehead atoms. The Labute approximate surface area is 590 Å². The number of allylic oxidation sites excluding steroid dienone is 3. The summed E-state index contributed by atoms with van der Waals surface area (Å²) in [5.74, 6) is -0.0387. The molecule has 0 aliphatic carbocycles. The van der Waals surface area contributed by atoms with E-state index in [9.17, 15) is 19.8 Å². The van der Waals surface area contributed by atoms with Gasteiger partial charge in [-0.05, 0) is 57.8 Å². The summed E-state index contributed by atoms with van der Waals surface area (Å²) in [6.07, 6.45) is 109. The first-order valence-electron chi connectivity index (χ1n) is 43.6. The van der Waals surface area contributed by atoms with Crippen molar-refractivity contribution >= 4 is 11.9 Å². The number of esters is 1. The molecule has 94 heavy (non-hydrogen) atoms. The highest BCUT2D eigenvalue weighted by Gasteiger charge is 2.18. The van der Waals surface area contributed by atoms with Crippen molar-refractivity contribution in [3.05, 3.63) is 24.3 Å². The van der Waals surface area contributed by atoms with Crippen LogP contribution in [0.25, 0.3) is 0 Å². The van der Waals surface area contributed by atoms with Gasteiger partial charge in [-0.2, -0.15) is 0 Å². The van der Waals surface area contributed by atoms with Gasteiger partial charge >= 0.3 is 5.97 Å². The van der Waals surface area contributed by atoms with Gasteiger partial charge in [0.25, 0.3) is 0 Å². The molecule has 0 radical (unpaired) electrons. The van der Waals surface area contributed by atoms with E-state index in [4.69, 9.17) is 4.74 Å². The summed E-state index contributed by atoms with van der Waals surface area (Å²) < 4.78 is 5.51. The number of unbranched alkanes of at least 4 members (excludes halogenated alkanes) is 70. The molecule has 6 heteroatoms. The van der Waals surface area contributed by atoms with Gasteiger partial charge in [-0.25, -0.2) is 0 Å². The lowest BCUT2D eigenvalue weighted by Gasteiger charge is -2.20. The molecular formula is C88H171NO5. The molecule has 0 saturated carbocycles. The van der Waals surface area contributed by atoms with Gasteiger partial charge in [0.15, 0.2) is 0 Å². The molecule has 6 nitrogen and oxygen atoms in total. The SMILES string of the molecule is CCCCCCCCC/C=C\CCCCCCCC(=O)OCCCCCCCCCCCCCCCCCCCCCCCCCCCCCCCCCCCCCCCCCC(=O)NC(CO)C(O)/C=C/CCCCCCCCCCCCCCCCCCCCCC. The molecule has 0 heterocycles. The first-order chi connectivity index (χ1) is 46.5. The molecule has 0 saturated heterocycles. The zero-order chi connectivity index (χ0) is 67.7. The summed E-state index contributed by atoms with van der Waals surface area (Å²) in [5.41, 5.74) is 0. The van der Waals surface area contributed by atoms with Crippen molar-refractivity contribution in [2.45, 2.75) is 514 Å². The summed E-state index contributed by atoms with van der Waals surface area (Å²) in [5, 5.41) is 23.3. The number of aliphatic hydroxyl groups is 2. The fourth-order valence-corrected chi connectivity index (χ4v) is 14.1. The van der Waals surface area contributed by atoms with E-state index in [2.05, 4.69) is 31.3 Å². The molecule has 0 aliphatic heterocycles. The summed E-state index contributed by atoms with van der Waals surface area (Å²) in [6.45, 7) is 4.96. The lowest BCUT2D eigenvalue weighted by Crippen LogP contribution is -2.45. The molecule has 0 aromatic rings. The van der Waals surface area contributed by atoms with Crippen LogP contribution in [-0.4, -0.2) is 47.4 Å². The fraction of sp³-hybridized carbons (Fsp3) is 0.932. The van der Waals surface area contributed by atoms with Crippen LogP contribution in [0.5, 0.6) is 0 Å². The minimum Gasteiger partial charge on any atom is -0.466 e. The number of aliphatic hydroxyl groups excluding tert-OH is 2. The zero-order valence-electron chi connectivity index (χ0n) is 64.2. The Kier molecular flexibility index (Phi) is 82.3. The summed E-state index contributed by atoms with van der Waals surface area (Å²) in [7, 11) is 0. The van der Waals surface area contributed by atoms with Gasteiger partial charge in [0.1, 0.15) is 0 Å². The number of rotatable bonds is 83. The van der Waals surface area contributed by atoms with Crippen molar-refractivity contribution in [1.82, 2.24) is 5.32 Å². The van der Waals surface area contributed by atoms with Crippen molar-refractivity contribution in [3.8, 4) is 0 Å². The molecule has 0 aromatic heterocycles. The van der Waals surface area contributed by atoms with Crippen molar-refractivity contribution in [3.63, 3.8) is 0 Å². The van der Waals surface area contributed by atoms with E-state index in [0.717, 1.165) is 44.9 Å². The Hall–Kier alpha value is -1.66. The van der Waals surface area contributed by atoms with Crippen molar-refractivity contribution < 1.29 is 24.5 Å². The quantitative estimate of drug-likeness (QED) is 0.0320. The Morgan fingerprint density at radius 1 is 0.287 bits per heavy atom. The van der Waals surface area contributed by atoms with Gasteiger partial charge in [0.05, 0.1) is 25.4 Å². The Morgan fingerprint density at radius 2 is 0.500 bits per heavy atom. The fourth-order valence-electron chi connectivity index (χ4n) is 14.1. The summed E-state index contributed by atoms with van der Waals surface area (Å²) in [6, 6.07) is -0.624. The maximum atomic E-state index is 12.6. The lowest BCUT2D eigenvalue weighted by atomic mass is 10.0. The maximum Gasteiger partial charge on any atom is 0.305 e. The second-order valence-electron chi connectivity index (χ2n) is 30.2. The Bertz CT molecular complexity index is 1480. The van der Waals surface area contributed by atoms with Gasteiger partial charge in [0.2, 0.25) is 5.91 Å². The highest BCUT2D eigenvalue weighted by atomic mass is 16.5. The largest absolute Gasteiger partial charge is 0.466 e. The van der Waals surface area contributed by atoms with Gasteiger partial charge < -0.3 is 20.3 Å². The molecule has 2 atom stereocenters. The molecule has 1 amide bonds. The predicted molar refractivity (Wildman–Crippen MR) is 417 cm³/mol. The van der Waals surface area contributed by atoms with E-state index < -0.39 is 12.1 Å². The number of carbonyl (C=O) groups is 2. The number of nitrogens with one attached hydrogen (secondary N) is 1. The number of hydrogen-bond acceptors (Lipinski definition) is 5. The van der Waals surface area contributed by atoms with Gasteiger partial charge in [-0.15, -0.1) is 0 Å². The minimum atomic E-state index is -0.841. The predicted octanol–water partition coefficient (Wildman–Crippen LogP) is 29.2. The van der Waals surface area contributed by atoms with Crippen LogP contribution >= 0.6 is 0 Å². The molecule has 3 N–H and O–H groups in total. The number of carbonyl (C=O) groups excluding carboxylic acids is 2. The first-order valence-corrected chi connectivity index (χ1v) is 43.6. The van der Waals surface area contributed by atoms with Crippen molar-refractivity contribution in [1.29, 1.82) is 0 Å². The number of hydrogen-bond donors (Lipinski definition) is 3. The van der Waals surface area contributed by atoms with Crippen molar-refractivity contribution in [2.24, 2.45) is 0 Å². The third-order valence-electron chi connectivity index (χ3n) is 20.7. The van der Waals surface area contributed by atoms with Crippen LogP contribution in [0, 0.1) is 0 Å². The van der Waals surface area contributed by atoms with Gasteiger partial charge in [-0.1, -0.05) is 456 Å². The van der Waals surface area contributed by atoms with E-state index in [1.165, 1.54) is 430 Å². The maximum absolute atomic E-state index is 12.6. The highest BCUT2D eigenvalue weighted by Crippen LogP contribution is 2.21. The van der Waals surface area contributed by atoms with Crippen LogP contribution in [-0.2, 0) is 14.3 Å². The molecule has 2 unspecified atom stereocenters. The van der Waals surface area contributed by atoms with E-state index >= 15 is 0 Å². The third kappa shape index (κ3) is 79.3. The molecule has 0 rings (SSSR count). The lowest BCUT2D eigenvalue weighted by molar-refractivity contribution is -0.143. The van der Waals surface area contributed by atoms with Crippen LogP contribution in [0.3, 0.4) is 0 Å². The number of amides is 1. The average molecular weight is 1320 g/mol. The second kappa shape index (κ2) is 83.8. The standard InChI is InChI=1S/C88H171NO5/c1-3-5-7-9-11-13-15-17-19-21-22-23-43-46-49-52-56-60-64-68-72-76-80-86(91)85(84-90)89-87(92)81-77-73-69-65-61-57-53-50-47-44-41-39-37-35-33-31-29-27-25-24-26-28-30-32-34-36-38-40-42-45-48-51-55-59-63-67-71-75-79-83-94-88(93)82-78-74-70-66-62-58-54-20-18-16-14-12-10-8-6-4-2/h20,54,76,80,85-86,90-91H,3-19,21-53,55-75,77-79,81-84H2,1-2H3,(H,89,92)/b54-20-,80-76+. The molecule has 0 aromatic carbocycles. The van der Waals surface area contributed by atoms with Gasteiger partial charge in [-0.3, -0.25) is 9.59 Å². The van der Waals surface area contributed by atoms with Gasteiger partial charge in [0, 0.05) is 12.8 Å². The third-order valence-corrected chi connectivity index (χ3v) is 20.7. The monoisotopic (exact) mass is 1320 g/mol. The molecule has 0 fully saturated rings. The molecule has 0 spiro atoms. The van der Waals surface area contributed by atoms with E-state index in [1.807, 2.05) is 6.08 Å². The Morgan fingerprint density at radius 3 is 0.755 bits per heavy atom. The first kappa shape index (κ1) is 92.3. The van der Waals surface area contributed by atoms with Crippen LogP contribution in [0.1, 0.15) is 502 Å². The van der Waals surface area contributed by atoms with Crippen LogP contribution < -0.4 is 5.32 Å². The van der Waals surface area contributed by atoms with E-state index in [1.54, 1.807) is 6.08 Å². The topological polar surface area (TPSA) is 95.9 Å². The van der Waals surface area contributed by atoms with Crippen molar-refractivity contribution in [2.75, 3.05) is 13.2 Å². The van der Waals surface area contributed by atoms with Crippen LogP contribution in [0.2, 0.25) is 0 Å². The van der Waals surface area contributed by atoms with Crippen LogP contribution in [0.4, 0.5) is 0 Å². The molecule has 558 valence electrons. The molecular weight excluding hydrogens is 1150 g/mol. The highest BCUT2D eigenvalue weighted by molar-refractivity contribution is 5.76. The summed E-state index contributed by atoms with van der Waals surface area (Å²) >= 11 is 0. The van der Waals surface area contributed by atoms with Crippen LogP contribution in [0.15, 0.2) is 24.3 Å². The second-order valence-corrected chi connectivity index (χ2v) is 30.2. The molecule has 0 aliphatic rings. The zero-order valence-corrected chi connectivity index (χ0v) is 64.2. The number of ether oxygens (including phenoxy) is 1. The minimum absolute atomic E-state index is 0.0176.